The minimum absolute atomic E-state index is 0.454. The van der Waals surface area contributed by atoms with Gasteiger partial charge in [0.05, 0.1) is 23.8 Å². The highest BCUT2D eigenvalue weighted by atomic mass is 35.5. The van der Waals surface area contributed by atoms with Gasteiger partial charge in [0.1, 0.15) is 5.75 Å². The second-order valence-electron chi connectivity index (χ2n) is 6.31. The van der Waals surface area contributed by atoms with Gasteiger partial charge < -0.3 is 15.0 Å². The van der Waals surface area contributed by atoms with Crippen LogP contribution in [0.2, 0.25) is 5.02 Å². The molecule has 1 atom stereocenters. The molecule has 1 aliphatic rings. The minimum Gasteiger partial charge on any atom is -0.497 e. The third-order valence-electron chi connectivity index (χ3n) is 4.60. The summed E-state index contributed by atoms with van der Waals surface area (Å²) in [7, 11) is 1.70. The van der Waals surface area contributed by atoms with Gasteiger partial charge in [-0.1, -0.05) is 11.6 Å². The summed E-state index contributed by atoms with van der Waals surface area (Å²) in [5.74, 6) is 0.849. The number of fused-ring (bicyclic) bond motifs is 2. The van der Waals surface area contributed by atoms with Crippen LogP contribution in [0.25, 0.3) is 21.8 Å². The van der Waals surface area contributed by atoms with E-state index >= 15 is 0 Å². The molecule has 124 valence electrons. The van der Waals surface area contributed by atoms with Gasteiger partial charge in [0.2, 0.25) is 0 Å². The number of methoxy groups -OCH3 is 1. The van der Waals surface area contributed by atoms with Gasteiger partial charge in [-0.15, -0.1) is 0 Å². The van der Waals surface area contributed by atoms with E-state index in [4.69, 9.17) is 21.3 Å². The summed E-state index contributed by atoms with van der Waals surface area (Å²) >= 11 is 6.20. The predicted molar refractivity (Wildman–Crippen MR) is 100 cm³/mol. The lowest BCUT2D eigenvalue weighted by molar-refractivity contribution is 0.415. The number of rotatable bonds is 2. The summed E-state index contributed by atoms with van der Waals surface area (Å²) < 4.78 is 5.44. The number of anilines is 1. The summed E-state index contributed by atoms with van der Waals surface area (Å²) in [6.07, 6.45) is 0. The largest absolute Gasteiger partial charge is 0.497 e. The molecule has 24 heavy (non-hydrogen) atoms. The van der Waals surface area contributed by atoms with Crippen LogP contribution in [-0.2, 0) is 0 Å². The lowest BCUT2D eigenvalue weighted by atomic mass is 10.0. The Morgan fingerprint density at radius 2 is 2.04 bits per heavy atom. The maximum atomic E-state index is 6.20. The zero-order chi connectivity index (χ0) is 16.7. The van der Waals surface area contributed by atoms with Gasteiger partial charge >= 0.3 is 0 Å². The van der Waals surface area contributed by atoms with E-state index in [0.717, 1.165) is 47.2 Å². The SMILES string of the molecule is COc1ccc2nc3cc(Cl)ccc3c(N3CCNC(C)C3)c2c1. The van der Waals surface area contributed by atoms with Gasteiger partial charge in [0.15, 0.2) is 0 Å². The number of hydrogen-bond donors (Lipinski definition) is 1. The molecular formula is C19H20ClN3O. The van der Waals surface area contributed by atoms with Crippen LogP contribution >= 0.6 is 11.6 Å². The summed E-state index contributed by atoms with van der Waals surface area (Å²) in [6.45, 7) is 5.13. The quantitative estimate of drug-likeness (QED) is 0.718. The number of ether oxygens (including phenoxy) is 1. The van der Waals surface area contributed by atoms with Crippen LogP contribution < -0.4 is 15.0 Å². The average molecular weight is 342 g/mol. The molecule has 0 radical (unpaired) electrons. The Kier molecular flexibility index (Phi) is 3.94. The van der Waals surface area contributed by atoms with Crippen LogP contribution in [0, 0.1) is 0 Å². The van der Waals surface area contributed by atoms with E-state index in [1.54, 1.807) is 7.11 Å². The lowest BCUT2D eigenvalue weighted by Crippen LogP contribution is -2.49. The standard InChI is InChI=1S/C19H20ClN3O/c1-12-11-23(8-7-21-12)19-15-5-3-13(20)9-18(15)22-17-6-4-14(24-2)10-16(17)19/h3-6,9-10,12,21H,7-8,11H2,1-2H3. The molecule has 1 saturated heterocycles. The van der Waals surface area contributed by atoms with Gasteiger partial charge in [-0.25, -0.2) is 4.98 Å². The number of piperazine rings is 1. The first-order chi connectivity index (χ1) is 11.7. The molecule has 2 aromatic carbocycles. The monoisotopic (exact) mass is 341 g/mol. The Labute approximate surface area is 146 Å². The van der Waals surface area contributed by atoms with Crippen molar-refractivity contribution in [3.05, 3.63) is 41.4 Å². The fraction of sp³-hybridized carbons (Fsp3) is 0.316. The molecule has 1 fully saturated rings. The van der Waals surface area contributed by atoms with Crippen molar-refractivity contribution in [2.45, 2.75) is 13.0 Å². The van der Waals surface area contributed by atoms with Crippen LogP contribution in [0.4, 0.5) is 5.69 Å². The molecule has 4 nitrogen and oxygen atoms in total. The van der Waals surface area contributed by atoms with Crippen molar-refractivity contribution in [1.29, 1.82) is 0 Å². The molecule has 1 aliphatic heterocycles. The number of pyridine rings is 1. The summed E-state index contributed by atoms with van der Waals surface area (Å²) in [5, 5.41) is 6.47. The average Bonchev–Trinajstić information content (AvgIpc) is 2.59. The van der Waals surface area contributed by atoms with E-state index in [0.29, 0.717) is 11.1 Å². The third kappa shape index (κ3) is 2.66. The van der Waals surface area contributed by atoms with Crippen molar-refractivity contribution in [3.63, 3.8) is 0 Å². The third-order valence-corrected chi connectivity index (χ3v) is 4.83. The molecule has 1 N–H and O–H groups in total. The topological polar surface area (TPSA) is 37.4 Å². The molecule has 0 spiro atoms. The highest BCUT2D eigenvalue weighted by Gasteiger charge is 2.21. The van der Waals surface area contributed by atoms with Crippen molar-refractivity contribution in [3.8, 4) is 5.75 Å². The molecule has 4 rings (SSSR count). The van der Waals surface area contributed by atoms with Crippen LogP contribution in [0.5, 0.6) is 5.75 Å². The smallest absolute Gasteiger partial charge is 0.119 e. The first kappa shape index (κ1) is 15.5. The molecule has 0 amide bonds. The van der Waals surface area contributed by atoms with Crippen LogP contribution in [0.15, 0.2) is 36.4 Å². The number of nitrogens with one attached hydrogen (secondary N) is 1. The van der Waals surface area contributed by atoms with Crippen molar-refractivity contribution >= 4 is 39.1 Å². The highest BCUT2D eigenvalue weighted by molar-refractivity contribution is 6.31. The van der Waals surface area contributed by atoms with E-state index in [1.165, 1.54) is 5.69 Å². The Bertz CT molecular complexity index is 912. The van der Waals surface area contributed by atoms with Crippen molar-refractivity contribution in [2.24, 2.45) is 0 Å². The fourth-order valence-corrected chi connectivity index (χ4v) is 3.64. The number of hydrogen-bond acceptors (Lipinski definition) is 4. The number of nitrogens with zero attached hydrogens (tertiary/aromatic N) is 2. The first-order valence-corrected chi connectivity index (χ1v) is 8.59. The number of halogens is 1. The molecule has 1 unspecified atom stereocenters. The maximum absolute atomic E-state index is 6.20. The molecule has 0 bridgehead atoms. The van der Waals surface area contributed by atoms with Crippen molar-refractivity contribution in [1.82, 2.24) is 10.3 Å². The lowest BCUT2D eigenvalue weighted by Gasteiger charge is -2.35. The molecule has 5 heteroatoms. The Balaban J connectivity index is 2.03. The summed E-state index contributed by atoms with van der Waals surface area (Å²) in [4.78, 5) is 7.25. The van der Waals surface area contributed by atoms with Crippen LogP contribution in [0.3, 0.4) is 0 Å². The van der Waals surface area contributed by atoms with Crippen LogP contribution in [-0.4, -0.2) is 37.8 Å². The summed E-state index contributed by atoms with van der Waals surface area (Å²) in [6, 6.07) is 12.5. The fourth-order valence-electron chi connectivity index (χ4n) is 3.48. The molecule has 0 aliphatic carbocycles. The zero-order valence-electron chi connectivity index (χ0n) is 13.8. The molecular weight excluding hydrogens is 322 g/mol. The first-order valence-electron chi connectivity index (χ1n) is 8.21. The van der Waals surface area contributed by atoms with E-state index < -0.39 is 0 Å². The zero-order valence-corrected chi connectivity index (χ0v) is 14.6. The minimum atomic E-state index is 0.454. The van der Waals surface area contributed by atoms with E-state index in [-0.39, 0.29) is 0 Å². The second-order valence-corrected chi connectivity index (χ2v) is 6.74. The number of benzene rings is 2. The van der Waals surface area contributed by atoms with Gasteiger partial charge in [-0.2, -0.15) is 0 Å². The van der Waals surface area contributed by atoms with Gasteiger partial charge in [0, 0.05) is 41.5 Å². The maximum Gasteiger partial charge on any atom is 0.119 e. The molecule has 2 heterocycles. The van der Waals surface area contributed by atoms with E-state index in [1.807, 2.05) is 24.3 Å². The number of aromatic nitrogens is 1. The van der Waals surface area contributed by atoms with Gasteiger partial charge in [-0.3, -0.25) is 0 Å². The molecule has 0 saturated carbocycles. The predicted octanol–water partition coefficient (Wildman–Crippen LogP) is 3.85. The van der Waals surface area contributed by atoms with Crippen molar-refractivity contribution < 1.29 is 4.74 Å². The van der Waals surface area contributed by atoms with E-state index in [9.17, 15) is 0 Å². The van der Waals surface area contributed by atoms with Crippen molar-refractivity contribution in [2.75, 3.05) is 31.6 Å². The normalized spacial score (nSPS) is 18.3. The van der Waals surface area contributed by atoms with Gasteiger partial charge in [-0.05, 0) is 43.3 Å². The summed E-state index contributed by atoms with van der Waals surface area (Å²) in [5.41, 5.74) is 3.12. The Morgan fingerprint density at radius 3 is 2.83 bits per heavy atom. The second kappa shape index (κ2) is 6.11. The Hall–Kier alpha value is -2.04. The highest BCUT2D eigenvalue weighted by Crippen LogP contribution is 2.37. The van der Waals surface area contributed by atoms with E-state index in [2.05, 4.69) is 29.3 Å². The molecule has 1 aromatic heterocycles. The Morgan fingerprint density at radius 1 is 1.17 bits per heavy atom. The van der Waals surface area contributed by atoms with Gasteiger partial charge in [0.25, 0.3) is 0 Å². The molecule has 3 aromatic rings. The van der Waals surface area contributed by atoms with Crippen LogP contribution in [0.1, 0.15) is 6.92 Å².